The molecule has 51 heavy (non-hydrogen) atoms. The lowest BCUT2D eigenvalue weighted by Gasteiger charge is -2.27. The van der Waals surface area contributed by atoms with Gasteiger partial charge in [0.25, 0.3) is 0 Å². The van der Waals surface area contributed by atoms with Crippen molar-refractivity contribution >= 4 is 35.3 Å². The van der Waals surface area contributed by atoms with Crippen molar-refractivity contribution in [2.45, 2.75) is 48.1 Å². The Morgan fingerprint density at radius 3 is 1.71 bits per heavy atom. The lowest BCUT2D eigenvalue weighted by atomic mass is 9.94. The monoisotopic (exact) mass is 669 g/mol. The van der Waals surface area contributed by atoms with Crippen molar-refractivity contribution in [2.75, 3.05) is 12.0 Å². The van der Waals surface area contributed by atoms with Crippen molar-refractivity contribution in [1.82, 2.24) is 0 Å². The Labute approximate surface area is 303 Å². The summed E-state index contributed by atoms with van der Waals surface area (Å²) in [4.78, 5) is 2.35. The molecule has 0 saturated heterocycles. The number of aryl methyl sites for hydroxylation is 5. The number of allylic oxidation sites excluding steroid dienone is 1. The smallest absolute Gasteiger partial charge is 0.126 e. The largest absolute Gasteiger partial charge is 0.496 e. The normalized spacial score (nSPS) is 11.5. The van der Waals surface area contributed by atoms with Crippen LogP contribution in [0.5, 0.6) is 5.75 Å². The first-order valence-electron chi connectivity index (χ1n) is 17.6. The second-order valence-electron chi connectivity index (χ2n) is 13.5. The van der Waals surface area contributed by atoms with Gasteiger partial charge in [-0.1, -0.05) is 113 Å². The molecule has 0 radical (unpaired) electrons. The highest BCUT2D eigenvalue weighted by molar-refractivity contribution is 5.88. The van der Waals surface area contributed by atoms with E-state index in [1.807, 2.05) is 31.2 Å². The lowest BCUT2D eigenvalue weighted by Crippen LogP contribution is -2.10. The van der Waals surface area contributed by atoms with Crippen molar-refractivity contribution < 1.29 is 9.84 Å². The second kappa shape index (κ2) is 15.5. The van der Waals surface area contributed by atoms with Crippen LogP contribution in [0.2, 0.25) is 0 Å². The maximum Gasteiger partial charge on any atom is 0.126 e. The number of aliphatic hydroxyl groups excluding tert-OH is 1. The molecule has 0 fully saturated rings. The Hall–Kier alpha value is -5.64. The molecular formula is C48H47NO2. The van der Waals surface area contributed by atoms with Gasteiger partial charge in [0.15, 0.2) is 0 Å². The van der Waals surface area contributed by atoms with Crippen LogP contribution in [0.3, 0.4) is 0 Å². The molecule has 0 aliphatic rings. The minimum atomic E-state index is -0.0657. The third-order valence-corrected chi connectivity index (χ3v) is 9.30. The van der Waals surface area contributed by atoms with Gasteiger partial charge in [-0.25, -0.2) is 0 Å². The first kappa shape index (κ1) is 35.2. The topological polar surface area (TPSA) is 32.7 Å². The van der Waals surface area contributed by atoms with Gasteiger partial charge in [0.1, 0.15) is 5.75 Å². The summed E-state index contributed by atoms with van der Waals surface area (Å²) < 4.78 is 5.72. The van der Waals surface area contributed by atoms with Crippen LogP contribution in [-0.4, -0.2) is 12.2 Å². The molecule has 1 N–H and O–H groups in total. The summed E-state index contributed by atoms with van der Waals surface area (Å²) in [6, 6.07) is 41.6. The first-order valence-corrected chi connectivity index (χ1v) is 17.6. The quantitative estimate of drug-likeness (QED) is 0.147. The molecule has 256 valence electrons. The average Bonchev–Trinajstić information content (AvgIpc) is 3.11. The van der Waals surface area contributed by atoms with Gasteiger partial charge in [-0.3, -0.25) is 0 Å². The van der Waals surface area contributed by atoms with Crippen LogP contribution in [0.4, 0.5) is 17.1 Å². The van der Waals surface area contributed by atoms with E-state index in [1.165, 1.54) is 38.9 Å². The molecule has 0 unspecified atom stereocenters. The summed E-state index contributed by atoms with van der Waals surface area (Å²) in [6.45, 7) is 12.7. The zero-order valence-corrected chi connectivity index (χ0v) is 30.8. The minimum absolute atomic E-state index is 0.0657. The van der Waals surface area contributed by atoms with Gasteiger partial charge in [-0.2, -0.15) is 0 Å². The number of rotatable bonds is 10. The molecule has 6 rings (SSSR count). The lowest BCUT2D eigenvalue weighted by molar-refractivity contribution is 0.281. The fraction of sp³-hybridized carbons (Fsp3) is 0.167. The maximum atomic E-state index is 10.3. The molecule has 0 amide bonds. The van der Waals surface area contributed by atoms with E-state index in [1.54, 1.807) is 7.11 Å². The van der Waals surface area contributed by atoms with Gasteiger partial charge >= 0.3 is 0 Å². The van der Waals surface area contributed by atoms with Crippen molar-refractivity contribution in [2.24, 2.45) is 0 Å². The fourth-order valence-corrected chi connectivity index (χ4v) is 7.04. The van der Waals surface area contributed by atoms with E-state index in [2.05, 4.69) is 155 Å². The van der Waals surface area contributed by atoms with E-state index in [0.29, 0.717) is 0 Å². The van der Waals surface area contributed by atoms with Gasteiger partial charge in [0, 0.05) is 22.6 Å². The SMILES string of the molecule is CC=Cc1cc(CO)c(C=Cc2ccc(N(c3ccccc3)c3ccc(C)c(-c4cc(C)cc(C)c4)c3)cc2-c2cc(C)cc(C)c2)cc1OC. The number of hydrogen-bond acceptors (Lipinski definition) is 3. The zero-order valence-electron chi connectivity index (χ0n) is 30.8. The summed E-state index contributed by atoms with van der Waals surface area (Å²) in [7, 11) is 1.68. The first-order chi connectivity index (χ1) is 24.7. The predicted octanol–water partition coefficient (Wildman–Crippen LogP) is 12.7. The summed E-state index contributed by atoms with van der Waals surface area (Å²) >= 11 is 0. The summed E-state index contributed by atoms with van der Waals surface area (Å²) in [5.74, 6) is 0.770. The van der Waals surface area contributed by atoms with E-state index in [-0.39, 0.29) is 6.61 Å². The fourth-order valence-electron chi connectivity index (χ4n) is 7.04. The standard InChI is InChI=1S/C48H47NO2/c1-8-12-39-27-42(31-50)38(28-48(39)51-7)17-16-37-18-20-45(30-47(37)41-25-34(4)22-35(5)26-41)49(43-13-10-9-11-14-43)44-19-15-36(6)46(29-44)40-23-32(2)21-33(3)24-40/h8-30,50H,31H2,1-7H3. The van der Waals surface area contributed by atoms with E-state index >= 15 is 0 Å². The minimum Gasteiger partial charge on any atom is -0.496 e. The van der Waals surface area contributed by atoms with Crippen LogP contribution in [0.25, 0.3) is 40.5 Å². The molecule has 6 aromatic rings. The van der Waals surface area contributed by atoms with Gasteiger partial charge < -0.3 is 14.7 Å². The molecule has 0 aliphatic carbocycles. The highest BCUT2D eigenvalue weighted by Crippen LogP contribution is 2.41. The summed E-state index contributed by atoms with van der Waals surface area (Å²) in [5, 5.41) is 10.3. The number of aliphatic hydroxyl groups is 1. The molecule has 0 heterocycles. The van der Waals surface area contributed by atoms with Crippen molar-refractivity contribution in [3.05, 3.63) is 171 Å². The summed E-state index contributed by atoms with van der Waals surface area (Å²) in [5.41, 5.74) is 18.0. The highest BCUT2D eigenvalue weighted by Gasteiger charge is 2.17. The molecule has 3 nitrogen and oxygen atoms in total. The molecule has 0 bridgehead atoms. The molecule has 0 aliphatic heterocycles. The third kappa shape index (κ3) is 7.90. The number of para-hydroxylation sites is 1. The zero-order chi connectivity index (χ0) is 36.1. The van der Waals surface area contributed by atoms with E-state index in [0.717, 1.165) is 56.2 Å². The average molecular weight is 670 g/mol. The van der Waals surface area contributed by atoms with Crippen LogP contribution >= 0.6 is 0 Å². The number of ether oxygens (including phenoxy) is 1. The Bertz CT molecular complexity index is 2200. The molecule has 0 atom stereocenters. The van der Waals surface area contributed by atoms with Crippen molar-refractivity contribution in [1.29, 1.82) is 0 Å². The molecular weight excluding hydrogens is 623 g/mol. The molecule has 3 heteroatoms. The molecule has 6 aromatic carbocycles. The Balaban J connectivity index is 1.53. The van der Waals surface area contributed by atoms with Crippen molar-refractivity contribution in [3.8, 4) is 28.0 Å². The highest BCUT2D eigenvalue weighted by atomic mass is 16.5. The number of nitrogens with zero attached hydrogens (tertiary/aromatic N) is 1. The van der Waals surface area contributed by atoms with Crippen LogP contribution in [-0.2, 0) is 6.61 Å². The van der Waals surface area contributed by atoms with E-state index < -0.39 is 0 Å². The third-order valence-electron chi connectivity index (χ3n) is 9.30. The van der Waals surface area contributed by atoms with Gasteiger partial charge in [-0.05, 0) is 135 Å². The van der Waals surface area contributed by atoms with Crippen LogP contribution in [0, 0.1) is 34.6 Å². The maximum absolute atomic E-state index is 10.3. The van der Waals surface area contributed by atoms with Gasteiger partial charge in [0.2, 0.25) is 0 Å². The molecule has 0 spiro atoms. The van der Waals surface area contributed by atoms with Gasteiger partial charge in [-0.15, -0.1) is 0 Å². The van der Waals surface area contributed by atoms with E-state index in [9.17, 15) is 5.11 Å². The Morgan fingerprint density at radius 1 is 0.549 bits per heavy atom. The Kier molecular flexibility index (Phi) is 10.7. The van der Waals surface area contributed by atoms with Crippen molar-refractivity contribution in [3.63, 3.8) is 0 Å². The predicted molar refractivity (Wildman–Crippen MR) is 218 cm³/mol. The number of benzene rings is 6. The number of anilines is 3. The second-order valence-corrected chi connectivity index (χ2v) is 13.5. The number of hydrogen-bond donors (Lipinski definition) is 1. The van der Waals surface area contributed by atoms with Gasteiger partial charge in [0.05, 0.1) is 13.7 Å². The van der Waals surface area contributed by atoms with Crippen LogP contribution < -0.4 is 9.64 Å². The van der Waals surface area contributed by atoms with Crippen LogP contribution in [0.15, 0.2) is 121 Å². The summed E-state index contributed by atoms with van der Waals surface area (Å²) in [6.07, 6.45) is 8.21. The number of methoxy groups -OCH3 is 1. The Morgan fingerprint density at radius 2 is 1.12 bits per heavy atom. The molecule has 0 aromatic heterocycles. The van der Waals surface area contributed by atoms with Crippen LogP contribution in [0.1, 0.15) is 57.0 Å². The van der Waals surface area contributed by atoms with E-state index in [4.69, 9.17) is 4.74 Å². The molecule has 0 saturated carbocycles.